The molecule has 102 valence electrons. The number of ketones is 1. The van der Waals surface area contributed by atoms with Crippen LogP contribution in [0.4, 0.5) is 18.9 Å². The van der Waals surface area contributed by atoms with E-state index in [1.54, 1.807) is 13.0 Å². The molecule has 0 saturated carbocycles. The highest BCUT2D eigenvalue weighted by atomic mass is 79.9. The third-order valence-electron chi connectivity index (χ3n) is 2.84. The number of anilines is 1. The van der Waals surface area contributed by atoms with Crippen molar-refractivity contribution in [2.45, 2.75) is 19.5 Å². The summed E-state index contributed by atoms with van der Waals surface area (Å²) >= 11 is 3.19. The maximum Gasteiger partial charge on any atom is 0.390 e. The number of carbonyl (C=O) groups excluding carboxylic acids is 2. The maximum atomic E-state index is 12.2. The molecule has 1 aromatic rings. The van der Waals surface area contributed by atoms with Gasteiger partial charge in [0.1, 0.15) is 0 Å². The van der Waals surface area contributed by atoms with Crippen molar-refractivity contribution in [3.63, 3.8) is 0 Å². The number of amides is 1. The van der Waals surface area contributed by atoms with Crippen LogP contribution in [-0.2, 0) is 4.79 Å². The number of aryl methyl sites for hydroxylation is 1. The summed E-state index contributed by atoms with van der Waals surface area (Å²) in [5.74, 6) is -1.66. The fraction of sp³-hybridized carbons (Fsp3) is 0.333. The molecule has 1 aromatic carbocycles. The summed E-state index contributed by atoms with van der Waals surface area (Å²) in [6.07, 6.45) is -5.50. The number of alkyl halides is 3. The zero-order chi connectivity index (χ0) is 14.4. The monoisotopic (exact) mass is 335 g/mol. The van der Waals surface area contributed by atoms with Gasteiger partial charge in [-0.25, -0.2) is 0 Å². The molecule has 0 aromatic heterocycles. The molecule has 0 saturated heterocycles. The molecule has 0 unspecified atom stereocenters. The molecule has 3 nitrogen and oxygen atoms in total. The first kappa shape index (κ1) is 14.0. The van der Waals surface area contributed by atoms with Gasteiger partial charge < -0.3 is 4.90 Å². The summed E-state index contributed by atoms with van der Waals surface area (Å²) in [6.45, 7) is 1.11. The van der Waals surface area contributed by atoms with Gasteiger partial charge in [0.25, 0.3) is 11.7 Å². The van der Waals surface area contributed by atoms with Crippen molar-refractivity contribution in [2.24, 2.45) is 0 Å². The van der Waals surface area contributed by atoms with Crippen molar-refractivity contribution >= 4 is 33.3 Å². The number of rotatable bonds is 2. The van der Waals surface area contributed by atoms with Crippen LogP contribution >= 0.6 is 15.9 Å². The lowest BCUT2D eigenvalue weighted by Gasteiger charge is -2.19. The van der Waals surface area contributed by atoms with E-state index in [1.165, 1.54) is 6.07 Å². The molecule has 0 spiro atoms. The highest BCUT2D eigenvalue weighted by molar-refractivity contribution is 9.10. The number of halogens is 4. The zero-order valence-electron chi connectivity index (χ0n) is 9.84. The van der Waals surface area contributed by atoms with Crippen LogP contribution in [0.1, 0.15) is 22.3 Å². The van der Waals surface area contributed by atoms with Crippen LogP contribution in [0, 0.1) is 6.92 Å². The number of hydrogen-bond acceptors (Lipinski definition) is 2. The topological polar surface area (TPSA) is 37.4 Å². The average Bonchev–Trinajstić information content (AvgIpc) is 2.50. The Morgan fingerprint density at radius 3 is 2.47 bits per heavy atom. The average molecular weight is 336 g/mol. The van der Waals surface area contributed by atoms with Crippen LogP contribution in [0.5, 0.6) is 0 Å². The van der Waals surface area contributed by atoms with Crippen molar-refractivity contribution in [2.75, 3.05) is 11.4 Å². The number of nitrogens with zero attached hydrogens (tertiary/aromatic N) is 1. The molecule has 2 rings (SSSR count). The number of hydrogen-bond donors (Lipinski definition) is 0. The molecular weight excluding hydrogens is 327 g/mol. The Labute approximate surface area is 115 Å². The summed E-state index contributed by atoms with van der Waals surface area (Å²) in [7, 11) is 0. The Morgan fingerprint density at radius 2 is 1.89 bits per heavy atom. The van der Waals surface area contributed by atoms with Crippen LogP contribution in [0.2, 0.25) is 0 Å². The van der Waals surface area contributed by atoms with E-state index < -0.39 is 30.8 Å². The van der Waals surface area contributed by atoms with Gasteiger partial charge >= 0.3 is 6.18 Å². The van der Waals surface area contributed by atoms with Gasteiger partial charge in [0, 0.05) is 11.0 Å². The Balaban J connectivity index is 2.39. The first-order chi connectivity index (χ1) is 8.70. The molecule has 1 amide bonds. The van der Waals surface area contributed by atoms with Crippen LogP contribution in [0.15, 0.2) is 16.6 Å². The minimum atomic E-state index is -4.37. The summed E-state index contributed by atoms with van der Waals surface area (Å²) in [6, 6.07) is 3.11. The lowest BCUT2D eigenvalue weighted by molar-refractivity contribution is -0.133. The largest absolute Gasteiger partial charge is 0.390 e. The van der Waals surface area contributed by atoms with Gasteiger partial charge in [-0.15, -0.1) is 0 Å². The predicted octanol–water partition coefficient (Wildman–Crippen LogP) is 3.24. The van der Waals surface area contributed by atoms with Gasteiger partial charge in [0.2, 0.25) is 0 Å². The fourth-order valence-electron chi connectivity index (χ4n) is 2.06. The summed E-state index contributed by atoms with van der Waals surface area (Å²) in [5, 5.41) is 0. The minimum Gasteiger partial charge on any atom is -0.304 e. The molecule has 0 atom stereocenters. The minimum absolute atomic E-state index is 0.152. The fourth-order valence-corrected chi connectivity index (χ4v) is 2.63. The van der Waals surface area contributed by atoms with Gasteiger partial charge in [-0.05, 0) is 24.6 Å². The third kappa shape index (κ3) is 2.65. The van der Waals surface area contributed by atoms with Gasteiger partial charge in [0.15, 0.2) is 0 Å². The van der Waals surface area contributed by atoms with Crippen molar-refractivity contribution < 1.29 is 22.8 Å². The van der Waals surface area contributed by atoms with Crippen LogP contribution in [-0.4, -0.2) is 24.4 Å². The molecule has 0 N–H and O–H groups in total. The third-order valence-corrected chi connectivity index (χ3v) is 3.30. The van der Waals surface area contributed by atoms with Gasteiger partial charge in [-0.2, -0.15) is 13.2 Å². The van der Waals surface area contributed by atoms with Crippen LogP contribution < -0.4 is 4.90 Å². The molecule has 19 heavy (non-hydrogen) atoms. The molecular formula is C12H9BrF3NO2. The Bertz CT molecular complexity index is 569. The highest BCUT2D eigenvalue weighted by Crippen LogP contribution is 2.35. The van der Waals surface area contributed by atoms with E-state index in [-0.39, 0.29) is 11.3 Å². The zero-order valence-corrected chi connectivity index (χ0v) is 11.4. The first-order valence-corrected chi connectivity index (χ1v) is 6.23. The van der Waals surface area contributed by atoms with Crippen molar-refractivity contribution in [3.05, 3.63) is 27.7 Å². The maximum absolute atomic E-state index is 12.2. The molecule has 0 aliphatic carbocycles. The molecule has 0 bridgehead atoms. The molecule has 0 fully saturated rings. The molecule has 1 aliphatic heterocycles. The van der Waals surface area contributed by atoms with E-state index in [2.05, 4.69) is 15.9 Å². The summed E-state index contributed by atoms with van der Waals surface area (Å²) in [4.78, 5) is 24.4. The van der Waals surface area contributed by atoms with Crippen molar-refractivity contribution in [3.8, 4) is 0 Å². The Morgan fingerprint density at radius 1 is 1.26 bits per heavy atom. The second-order valence-electron chi connectivity index (χ2n) is 4.27. The predicted molar refractivity (Wildman–Crippen MR) is 66.2 cm³/mol. The summed E-state index contributed by atoms with van der Waals surface area (Å²) in [5.41, 5.74) is 1.02. The lowest BCUT2D eigenvalue weighted by atomic mass is 10.1. The quantitative estimate of drug-likeness (QED) is 0.778. The van der Waals surface area contributed by atoms with E-state index in [0.717, 1.165) is 4.90 Å². The van der Waals surface area contributed by atoms with E-state index >= 15 is 0 Å². The molecule has 1 aliphatic rings. The van der Waals surface area contributed by atoms with Crippen LogP contribution in [0.25, 0.3) is 0 Å². The van der Waals surface area contributed by atoms with Gasteiger partial charge in [-0.3, -0.25) is 9.59 Å². The van der Waals surface area contributed by atoms with E-state index in [0.29, 0.717) is 10.0 Å². The number of Topliss-reactive ketones (excluding diaryl/α,β-unsaturated/α-hetero) is 1. The molecule has 0 radical (unpaired) electrons. The highest BCUT2D eigenvalue weighted by Gasteiger charge is 2.39. The molecule has 7 heteroatoms. The number of benzene rings is 1. The van der Waals surface area contributed by atoms with E-state index in [1.807, 2.05) is 0 Å². The Kier molecular flexibility index (Phi) is 3.42. The van der Waals surface area contributed by atoms with E-state index in [9.17, 15) is 22.8 Å². The van der Waals surface area contributed by atoms with Gasteiger partial charge in [-0.1, -0.05) is 15.9 Å². The molecule has 1 heterocycles. The standard InChI is InChI=1S/C12H9BrF3NO2/c1-6-4-7(13)5-8-9(6)17(11(19)10(8)18)3-2-12(14,15)16/h4-5H,2-3H2,1H3. The lowest BCUT2D eigenvalue weighted by Crippen LogP contribution is -2.33. The van der Waals surface area contributed by atoms with E-state index in [4.69, 9.17) is 0 Å². The van der Waals surface area contributed by atoms with Gasteiger partial charge in [0.05, 0.1) is 17.7 Å². The van der Waals surface area contributed by atoms with Crippen molar-refractivity contribution in [1.82, 2.24) is 0 Å². The summed E-state index contributed by atoms with van der Waals surface area (Å²) < 4.78 is 37.3. The number of fused-ring (bicyclic) bond motifs is 1. The van der Waals surface area contributed by atoms with Crippen molar-refractivity contribution in [1.29, 1.82) is 0 Å². The second kappa shape index (κ2) is 4.63. The Hall–Kier alpha value is -1.37. The SMILES string of the molecule is Cc1cc(Br)cc2c1N(CCC(F)(F)F)C(=O)C2=O. The normalized spacial score (nSPS) is 15.1. The number of carbonyl (C=O) groups is 2. The first-order valence-electron chi connectivity index (χ1n) is 5.44. The second-order valence-corrected chi connectivity index (χ2v) is 5.19. The van der Waals surface area contributed by atoms with Crippen LogP contribution in [0.3, 0.4) is 0 Å². The smallest absolute Gasteiger partial charge is 0.304 e.